The van der Waals surface area contributed by atoms with E-state index in [9.17, 15) is 14.4 Å². The molecule has 12 heteroatoms. The van der Waals surface area contributed by atoms with Gasteiger partial charge in [-0.2, -0.15) is 0 Å². The molecule has 0 aliphatic carbocycles. The van der Waals surface area contributed by atoms with Crippen molar-refractivity contribution < 1.29 is 45.0 Å². The Morgan fingerprint density at radius 3 is 1.00 bits per heavy atom. The van der Waals surface area contributed by atoms with E-state index in [0.29, 0.717) is 0 Å². The summed E-state index contributed by atoms with van der Waals surface area (Å²) < 4.78 is 0. The molecule has 0 heterocycles. The Bertz CT molecular complexity index is 625. The largest absolute Gasteiger partial charge is 0.478 e. The van der Waals surface area contributed by atoms with Crippen LogP contribution in [0.1, 0.15) is 31.1 Å². The SMILES string of the molecule is CN(C)CCO.CN(C)CCO.CN(C)CCO.O=C(O)c1cccc(C(=O)O)c1C(=O)O. The van der Waals surface area contributed by atoms with Crippen LogP contribution in [0.25, 0.3) is 0 Å². The predicted molar refractivity (Wildman–Crippen MR) is 124 cm³/mol. The fraction of sp³-hybridized carbons (Fsp3) is 0.571. The molecule has 0 spiro atoms. The van der Waals surface area contributed by atoms with Gasteiger partial charge < -0.3 is 45.3 Å². The van der Waals surface area contributed by atoms with Gasteiger partial charge in [0, 0.05) is 19.6 Å². The maximum absolute atomic E-state index is 10.7. The first-order chi connectivity index (χ1) is 15.3. The molecule has 0 aromatic heterocycles. The van der Waals surface area contributed by atoms with Gasteiger partial charge in [-0.3, -0.25) is 0 Å². The molecular weight excluding hydrogens is 438 g/mol. The van der Waals surface area contributed by atoms with Gasteiger partial charge in [-0.05, 0) is 54.4 Å². The number of hydrogen-bond acceptors (Lipinski definition) is 9. The molecule has 6 N–H and O–H groups in total. The third kappa shape index (κ3) is 21.0. The molecule has 1 rings (SSSR count). The Morgan fingerprint density at radius 1 is 0.606 bits per heavy atom. The number of rotatable bonds is 9. The van der Waals surface area contributed by atoms with E-state index in [4.69, 9.17) is 30.6 Å². The fourth-order valence-corrected chi connectivity index (χ4v) is 1.74. The molecule has 0 aliphatic rings. The van der Waals surface area contributed by atoms with Crippen molar-refractivity contribution in [2.24, 2.45) is 0 Å². The summed E-state index contributed by atoms with van der Waals surface area (Å²) in [7, 11) is 11.6. The van der Waals surface area contributed by atoms with Gasteiger partial charge in [0.2, 0.25) is 0 Å². The molecule has 0 radical (unpaired) electrons. The highest BCUT2D eigenvalue weighted by Crippen LogP contribution is 2.15. The van der Waals surface area contributed by atoms with E-state index in [-0.39, 0.29) is 19.8 Å². The van der Waals surface area contributed by atoms with Crippen molar-refractivity contribution in [3.8, 4) is 0 Å². The summed E-state index contributed by atoms with van der Waals surface area (Å²) in [5.74, 6) is -4.53. The first-order valence-corrected chi connectivity index (χ1v) is 9.86. The van der Waals surface area contributed by atoms with Crippen molar-refractivity contribution in [3.63, 3.8) is 0 Å². The van der Waals surface area contributed by atoms with Gasteiger partial charge in [0.25, 0.3) is 0 Å². The van der Waals surface area contributed by atoms with Gasteiger partial charge in [-0.15, -0.1) is 0 Å². The Morgan fingerprint density at radius 2 is 0.879 bits per heavy atom. The molecule has 0 aliphatic heterocycles. The number of hydrogen-bond donors (Lipinski definition) is 6. The number of carbonyl (C=O) groups is 3. The molecule has 0 saturated carbocycles. The van der Waals surface area contributed by atoms with Crippen molar-refractivity contribution >= 4 is 17.9 Å². The molecule has 1 aromatic carbocycles. The molecule has 12 nitrogen and oxygen atoms in total. The first-order valence-electron chi connectivity index (χ1n) is 9.86. The quantitative estimate of drug-likeness (QED) is 0.266. The van der Waals surface area contributed by atoms with E-state index in [0.717, 1.165) is 31.8 Å². The number of carboxylic acid groups (broad SMARTS) is 3. The lowest BCUT2D eigenvalue weighted by Gasteiger charge is -2.04. The smallest absolute Gasteiger partial charge is 0.337 e. The first kappa shape index (κ1) is 35.0. The monoisotopic (exact) mass is 477 g/mol. The summed E-state index contributed by atoms with van der Waals surface area (Å²) in [5, 5.41) is 50.6. The zero-order valence-electron chi connectivity index (χ0n) is 20.2. The van der Waals surface area contributed by atoms with Crippen molar-refractivity contribution in [2.45, 2.75) is 0 Å². The standard InChI is InChI=1S/C9H6O6.3C4H11NO/c10-7(11)4-2-1-3-5(8(12)13)6(4)9(14)15;3*1-5(2)3-4-6/h1-3H,(H,10,11)(H,12,13)(H,14,15);3*6H,3-4H2,1-2H3. The number of carboxylic acids is 3. The molecule has 0 fully saturated rings. The minimum absolute atomic E-state index is 0.257. The Hall–Kier alpha value is -2.61. The van der Waals surface area contributed by atoms with Gasteiger partial charge in [0.1, 0.15) is 0 Å². The van der Waals surface area contributed by atoms with Gasteiger partial charge in [0.15, 0.2) is 0 Å². The molecule has 0 unspecified atom stereocenters. The molecule has 0 atom stereocenters. The zero-order valence-corrected chi connectivity index (χ0v) is 20.2. The number of aliphatic hydroxyl groups excluding tert-OH is 3. The fourth-order valence-electron chi connectivity index (χ4n) is 1.74. The number of aliphatic hydroxyl groups is 3. The van der Waals surface area contributed by atoms with Crippen LogP contribution in [0.5, 0.6) is 0 Å². The van der Waals surface area contributed by atoms with Crippen LogP contribution >= 0.6 is 0 Å². The third-order valence-corrected chi connectivity index (χ3v) is 3.38. The summed E-state index contributed by atoms with van der Waals surface area (Å²) >= 11 is 0. The number of benzene rings is 1. The van der Waals surface area contributed by atoms with Crippen molar-refractivity contribution in [1.82, 2.24) is 14.7 Å². The van der Waals surface area contributed by atoms with Gasteiger partial charge in [0.05, 0.1) is 36.5 Å². The second kappa shape index (κ2) is 21.2. The third-order valence-electron chi connectivity index (χ3n) is 3.38. The van der Waals surface area contributed by atoms with Crippen LogP contribution in [-0.2, 0) is 0 Å². The average molecular weight is 478 g/mol. The minimum atomic E-state index is -1.58. The second-order valence-corrected chi connectivity index (χ2v) is 7.22. The average Bonchev–Trinajstić information content (AvgIpc) is 2.68. The summed E-state index contributed by atoms with van der Waals surface area (Å²) in [6.07, 6.45) is 0. The van der Waals surface area contributed by atoms with E-state index < -0.39 is 34.6 Å². The molecule has 0 amide bonds. The number of aromatic carboxylic acids is 3. The second-order valence-electron chi connectivity index (χ2n) is 7.22. The van der Waals surface area contributed by atoms with E-state index in [1.807, 2.05) is 57.0 Å². The van der Waals surface area contributed by atoms with Crippen molar-refractivity contribution in [3.05, 3.63) is 34.9 Å². The van der Waals surface area contributed by atoms with Crippen LogP contribution in [-0.4, -0.2) is 145 Å². The minimum Gasteiger partial charge on any atom is -0.478 e. The lowest BCUT2D eigenvalue weighted by atomic mass is 10.0. The molecule has 0 bridgehead atoms. The van der Waals surface area contributed by atoms with Gasteiger partial charge >= 0.3 is 17.9 Å². The van der Waals surface area contributed by atoms with Crippen LogP contribution in [0, 0.1) is 0 Å². The normalized spacial score (nSPS) is 9.82. The highest BCUT2D eigenvalue weighted by Gasteiger charge is 2.23. The zero-order chi connectivity index (χ0) is 26.6. The number of nitrogens with zero attached hydrogens (tertiary/aromatic N) is 3. The Labute approximate surface area is 194 Å². The summed E-state index contributed by atoms with van der Waals surface area (Å²) in [6, 6.07) is 3.26. The molecule has 1 aromatic rings. The van der Waals surface area contributed by atoms with E-state index in [2.05, 4.69) is 0 Å². The summed E-state index contributed by atoms with van der Waals surface area (Å²) in [6.45, 7) is 3.06. The predicted octanol–water partition coefficient (Wildman–Crippen LogP) is -0.598. The maximum atomic E-state index is 10.7. The highest BCUT2D eigenvalue weighted by atomic mass is 16.4. The molecule has 192 valence electrons. The van der Waals surface area contributed by atoms with E-state index in [1.165, 1.54) is 6.07 Å². The molecular formula is C21H39N3O9. The summed E-state index contributed by atoms with van der Waals surface area (Å²) in [5.41, 5.74) is -1.79. The highest BCUT2D eigenvalue weighted by molar-refractivity contribution is 6.09. The van der Waals surface area contributed by atoms with Crippen molar-refractivity contribution in [1.29, 1.82) is 0 Å². The van der Waals surface area contributed by atoms with Crippen LogP contribution < -0.4 is 0 Å². The topological polar surface area (TPSA) is 182 Å². The van der Waals surface area contributed by atoms with Crippen molar-refractivity contribution in [2.75, 3.05) is 81.7 Å². The van der Waals surface area contributed by atoms with Crippen LogP contribution in [0.2, 0.25) is 0 Å². The van der Waals surface area contributed by atoms with E-state index in [1.54, 1.807) is 0 Å². The number of likely N-dealkylation sites (N-methyl/N-ethyl adjacent to an activating group) is 3. The Kier molecular flexibility index (Phi) is 22.5. The maximum Gasteiger partial charge on any atom is 0.337 e. The molecule has 33 heavy (non-hydrogen) atoms. The van der Waals surface area contributed by atoms with Gasteiger partial charge in [-0.25, -0.2) is 14.4 Å². The molecule has 0 saturated heterocycles. The van der Waals surface area contributed by atoms with E-state index >= 15 is 0 Å². The lowest BCUT2D eigenvalue weighted by Crippen LogP contribution is -2.15. The van der Waals surface area contributed by atoms with Gasteiger partial charge in [-0.1, -0.05) is 6.07 Å². The summed E-state index contributed by atoms with van der Waals surface area (Å²) in [4.78, 5) is 37.8. The lowest BCUT2D eigenvalue weighted by molar-refractivity contribution is 0.0633. The van der Waals surface area contributed by atoms with Crippen LogP contribution in [0.15, 0.2) is 18.2 Å². The van der Waals surface area contributed by atoms with Crippen LogP contribution in [0.4, 0.5) is 0 Å². The van der Waals surface area contributed by atoms with Crippen LogP contribution in [0.3, 0.4) is 0 Å². The Balaban J connectivity index is -0.000000417.